The Morgan fingerprint density at radius 3 is 2.96 bits per heavy atom. The molecule has 1 N–H and O–H groups in total. The number of carbonyl (C=O) groups excluding carboxylic acids is 1. The maximum absolute atomic E-state index is 12.9. The molecule has 2 aromatic heterocycles. The average molecular weight is 378 g/mol. The third-order valence-electron chi connectivity index (χ3n) is 4.85. The minimum atomic E-state index is -0.248. The van der Waals surface area contributed by atoms with E-state index in [2.05, 4.69) is 15.3 Å². The van der Waals surface area contributed by atoms with Crippen LogP contribution in [-0.2, 0) is 24.3 Å². The molecule has 28 heavy (non-hydrogen) atoms. The molecule has 7 heteroatoms. The van der Waals surface area contributed by atoms with Crippen molar-refractivity contribution in [2.24, 2.45) is 0 Å². The number of benzene rings is 1. The van der Waals surface area contributed by atoms with E-state index in [1.54, 1.807) is 29.0 Å². The molecule has 0 spiro atoms. The molecule has 1 aliphatic rings. The Bertz CT molecular complexity index is 1050. The molecule has 0 saturated heterocycles. The number of ether oxygens (including phenoxy) is 1. The van der Waals surface area contributed by atoms with Crippen LogP contribution in [0, 0.1) is 0 Å². The van der Waals surface area contributed by atoms with Crippen molar-refractivity contribution in [3.05, 3.63) is 64.5 Å². The van der Waals surface area contributed by atoms with Gasteiger partial charge in [-0.1, -0.05) is 12.5 Å². The van der Waals surface area contributed by atoms with Crippen LogP contribution in [0.5, 0.6) is 5.75 Å². The van der Waals surface area contributed by atoms with Gasteiger partial charge in [-0.2, -0.15) is 0 Å². The highest BCUT2D eigenvalue weighted by Gasteiger charge is 2.14. The van der Waals surface area contributed by atoms with Crippen LogP contribution in [-0.4, -0.2) is 27.0 Å². The smallest absolute Gasteiger partial charge is 0.261 e. The Morgan fingerprint density at radius 1 is 1.18 bits per heavy atom. The molecular weight excluding hydrogens is 356 g/mol. The number of amides is 1. The first-order valence-corrected chi connectivity index (χ1v) is 9.53. The number of rotatable bonds is 5. The average Bonchev–Trinajstić information content (AvgIpc) is 2.97. The van der Waals surface area contributed by atoms with E-state index in [0.717, 1.165) is 37.2 Å². The van der Waals surface area contributed by atoms with Gasteiger partial charge < -0.3 is 10.1 Å². The first kappa shape index (κ1) is 18.2. The van der Waals surface area contributed by atoms with E-state index in [4.69, 9.17) is 4.74 Å². The molecular formula is C21H22N4O3. The highest BCUT2D eigenvalue weighted by atomic mass is 16.5. The van der Waals surface area contributed by atoms with E-state index in [-0.39, 0.29) is 18.1 Å². The second kappa shape index (κ2) is 8.21. The fourth-order valence-electron chi connectivity index (χ4n) is 3.38. The van der Waals surface area contributed by atoms with Gasteiger partial charge in [-0.3, -0.25) is 19.1 Å². The van der Waals surface area contributed by atoms with Gasteiger partial charge in [0.25, 0.3) is 11.5 Å². The molecule has 0 unspecified atom stereocenters. The van der Waals surface area contributed by atoms with Crippen molar-refractivity contribution >= 4 is 16.8 Å². The topological polar surface area (TPSA) is 86.1 Å². The summed E-state index contributed by atoms with van der Waals surface area (Å²) in [7, 11) is 0. The van der Waals surface area contributed by atoms with Crippen molar-refractivity contribution in [2.75, 3.05) is 6.61 Å². The fraction of sp³-hybridized carbons (Fsp3) is 0.333. The first-order chi connectivity index (χ1) is 13.7. The zero-order chi connectivity index (χ0) is 19.3. The lowest BCUT2D eigenvalue weighted by Crippen LogP contribution is -2.28. The zero-order valence-electron chi connectivity index (χ0n) is 15.6. The molecule has 0 radical (unpaired) electrons. The summed E-state index contributed by atoms with van der Waals surface area (Å²) < 4.78 is 7.36. The number of aryl methyl sites for hydroxylation is 1. The molecule has 0 bridgehead atoms. The van der Waals surface area contributed by atoms with Crippen LogP contribution in [0.1, 0.15) is 30.8 Å². The van der Waals surface area contributed by atoms with Crippen LogP contribution >= 0.6 is 0 Å². The number of fused-ring (bicyclic) bond motifs is 2. The summed E-state index contributed by atoms with van der Waals surface area (Å²) in [6, 6.07) is 10.7. The Kier molecular flexibility index (Phi) is 5.32. The molecule has 0 atom stereocenters. The van der Waals surface area contributed by atoms with Gasteiger partial charge in [-0.15, -0.1) is 0 Å². The monoisotopic (exact) mass is 378 g/mol. The van der Waals surface area contributed by atoms with Crippen molar-refractivity contribution in [2.45, 2.75) is 38.8 Å². The van der Waals surface area contributed by atoms with E-state index in [1.807, 2.05) is 18.2 Å². The number of aromatic nitrogens is 3. The summed E-state index contributed by atoms with van der Waals surface area (Å²) in [5.74, 6) is 1.09. The van der Waals surface area contributed by atoms with Gasteiger partial charge in [0.2, 0.25) is 0 Å². The molecule has 7 nitrogen and oxygen atoms in total. The third-order valence-corrected chi connectivity index (χ3v) is 4.85. The van der Waals surface area contributed by atoms with Gasteiger partial charge in [-0.25, -0.2) is 4.98 Å². The molecule has 1 aliphatic heterocycles. The van der Waals surface area contributed by atoms with Gasteiger partial charge in [0.1, 0.15) is 11.6 Å². The van der Waals surface area contributed by atoms with Crippen LogP contribution in [0.2, 0.25) is 0 Å². The van der Waals surface area contributed by atoms with Crippen molar-refractivity contribution < 1.29 is 9.53 Å². The van der Waals surface area contributed by atoms with Gasteiger partial charge >= 0.3 is 0 Å². The molecule has 1 amide bonds. The van der Waals surface area contributed by atoms with Crippen LogP contribution in [0.3, 0.4) is 0 Å². The first-order valence-electron chi connectivity index (χ1n) is 9.53. The molecule has 3 heterocycles. The zero-order valence-corrected chi connectivity index (χ0v) is 15.6. The number of nitrogens with one attached hydrogen (secondary N) is 1. The summed E-state index contributed by atoms with van der Waals surface area (Å²) in [4.78, 5) is 33.7. The second-order valence-electron chi connectivity index (χ2n) is 6.86. The number of pyridine rings is 1. The number of hydrogen-bond acceptors (Lipinski definition) is 5. The van der Waals surface area contributed by atoms with Gasteiger partial charge in [0.15, 0.2) is 6.61 Å². The van der Waals surface area contributed by atoms with E-state index in [0.29, 0.717) is 29.7 Å². The normalized spacial score (nSPS) is 13.6. The van der Waals surface area contributed by atoms with E-state index in [9.17, 15) is 9.59 Å². The predicted octanol–water partition coefficient (Wildman–Crippen LogP) is 2.21. The van der Waals surface area contributed by atoms with Crippen LogP contribution < -0.4 is 15.6 Å². The molecule has 3 aromatic rings. The second-order valence-corrected chi connectivity index (χ2v) is 6.86. The highest BCUT2D eigenvalue weighted by Crippen LogP contribution is 2.19. The molecule has 144 valence electrons. The standard InChI is InChI=1S/C21H22N4O3/c26-20(23-13-15-6-3-4-10-22-15)14-28-16-8-9-18-17(12-16)21(27)25-11-5-1-2-7-19(25)24-18/h3-4,6,8-10,12H,1-2,5,7,11,13-14H2,(H,23,26). The Labute approximate surface area is 162 Å². The molecule has 4 rings (SSSR count). The summed E-state index contributed by atoms with van der Waals surface area (Å²) in [6.45, 7) is 0.925. The lowest BCUT2D eigenvalue weighted by Gasteiger charge is -2.11. The number of carbonyl (C=O) groups is 1. The lowest BCUT2D eigenvalue weighted by molar-refractivity contribution is -0.123. The largest absolute Gasteiger partial charge is 0.484 e. The summed E-state index contributed by atoms with van der Waals surface area (Å²) in [6.07, 6.45) is 5.68. The summed E-state index contributed by atoms with van der Waals surface area (Å²) in [5, 5.41) is 3.29. The lowest BCUT2D eigenvalue weighted by atomic mass is 10.2. The van der Waals surface area contributed by atoms with Crippen molar-refractivity contribution in [3.8, 4) is 5.75 Å². The van der Waals surface area contributed by atoms with E-state index in [1.165, 1.54) is 0 Å². The van der Waals surface area contributed by atoms with Crippen LogP contribution in [0.25, 0.3) is 10.9 Å². The Balaban J connectivity index is 1.45. The van der Waals surface area contributed by atoms with Crippen LogP contribution in [0.4, 0.5) is 0 Å². The minimum absolute atomic E-state index is 0.0352. The number of hydrogen-bond donors (Lipinski definition) is 1. The van der Waals surface area contributed by atoms with Gasteiger partial charge in [0, 0.05) is 19.2 Å². The van der Waals surface area contributed by atoms with Gasteiger partial charge in [-0.05, 0) is 43.2 Å². The molecule has 1 aromatic carbocycles. The molecule has 0 saturated carbocycles. The van der Waals surface area contributed by atoms with Crippen LogP contribution in [0.15, 0.2) is 47.4 Å². The molecule has 0 aliphatic carbocycles. The van der Waals surface area contributed by atoms with Crippen molar-refractivity contribution in [3.63, 3.8) is 0 Å². The van der Waals surface area contributed by atoms with Crippen molar-refractivity contribution in [1.82, 2.24) is 19.9 Å². The summed E-state index contributed by atoms with van der Waals surface area (Å²) in [5.41, 5.74) is 1.42. The quantitative estimate of drug-likeness (QED) is 0.736. The third kappa shape index (κ3) is 4.03. The Hall–Kier alpha value is -3.22. The maximum atomic E-state index is 12.9. The fourth-order valence-corrected chi connectivity index (χ4v) is 3.38. The Morgan fingerprint density at radius 2 is 2.11 bits per heavy atom. The minimum Gasteiger partial charge on any atom is -0.484 e. The van der Waals surface area contributed by atoms with Crippen molar-refractivity contribution in [1.29, 1.82) is 0 Å². The maximum Gasteiger partial charge on any atom is 0.261 e. The predicted molar refractivity (Wildman–Crippen MR) is 105 cm³/mol. The van der Waals surface area contributed by atoms with E-state index >= 15 is 0 Å². The number of nitrogens with zero attached hydrogens (tertiary/aromatic N) is 3. The SMILES string of the molecule is O=C(COc1ccc2nc3n(c(=O)c2c1)CCCCC3)NCc1ccccn1. The van der Waals surface area contributed by atoms with E-state index < -0.39 is 0 Å². The summed E-state index contributed by atoms with van der Waals surface area (Å²) >= 11 is 0. The van der Waals surface area contributed by atoms with Gasteiger partial charge in [0.05, 0.1) is 23.1 Å². The molecule has 0 fully saturated rings. The highest BCUT2D eigenvalue weighted by molar-refractivity contribution is 5.80.